The predicted molar refractivity (Wildman–Crippen MR) is 147 cm³/mol. The second kappa shape index (κ2) is 11.4. The molecule has 39 heavy (non-hydrogen) atoms. The summed E-state index contributed by atoms with van der Waals surface area (Å²) >= 11 is 0. The molecule has 1 aliphatic heterocycles. The SMILES string of the molecule is COc1ccc(C(OC[C@H]2O[C@@H](n3cc(C)c(=O)[nH]c3=O)C[C@@H]2CO)(c2ccccc2)c2ccccc2)cc1. The molecule has 5 rings (SSSR count). The third-order valence-electron chi connectivity index (χ3n) is 7.37. The first kappa shape index (κ1) is 26.6. The molecule has 0 saturated carbocycles. The van der Waals surface area contributed by atoms with Crippen molar-refractivity contribution in [2.24, 2.45) is 5.92 Å². The van der Waals surface area contributed by atoms with Crippen LogP contribution in [0.1, 0.15) is 34.9 Å². The molecule has 4 aromatic rings. The molecule has 2 N–H and O–H groups in total. The van der Waals surface area contributed by atoms with Gasteiger partial charge in [0.05, 0.1) is 19.8 Å². The molecule has 0 radical (unpaired) electrons. The quantitative estimate of drug-likeness (QED) is 0.321. The van der Waals surface area contributed by atoms with Crippen LogP contribution in [0.4, 0.5) is 0 Å². The van der Waals surface area contributed by atoms with Crippen LogP contribution in [0.5, 0.6) is 5.75 Å². The highest BCUT2D eigenvalue weighted by Gasteiger charge is 2.42. The maximum Gasteiger partial charge on any atom is 0.330 e. The summed E-state index contributed by atoms with van der Waals surface area (Å²) in [6.45, 7) is 1.65. The molecule has 1 saturated heterocycles. The summed E-state index contributed by atoms with van der Waals surface area (Å²) < 4.78 is 20.0. The van der Waals surface area contributed by atoms with E-state index in [9.17, 15) is 14.7 Å². The van der Waals surface area contributed by atoms with Gasteiger partial charge in [0.2, 0.25) is 0 Å². The number of nitrogens with one attached hydrogen (secondary N) is 1. The van der Waals surface area contributed by atoms with Crippen molar-refractivity contribution in [1.82, 2.24) is 9.55 Å². The van der Waals surface area contributed by atoms with Crippen LogP contribution in [0.2, 0.25) is 0 Å². The Kier molecular flexibility index (Phi) is 7.79. The molecule has 0 amide bonds. The van der Waals surface area contributed by atoms with Gasteiger partial charge in [-0.1, -0.05) is 72.8 Å². The lowest BCUT2D eigenvalue weighted by Crippen LogP contribution is -2.37. The van der Waals surface area contributed by atoms with E-state index in [1.165, 1.54) is 10.8 Å². The number of nitrogens with zero attached hydrogens (tertiary/aromatic N) is 1. The van der Waals surface area contributed by atoms with Gasteiger partial charge in [-0.3, -0.25) is 14.3 Å². The van der Waals surface area contributed by atoms with Gasteiger partial charge in [-0.15, -0.1) is 0 Å². The van der Waals surface area contributed by atoms with Crippen LogP contribution in [0.15, 0.2) is 101 Å². The van der Waals surface area contributed by atoms with E-state index in [2.05, 4.69) is 4.98 Å². The summed E-state index contributed by atoms with van der Waals surface area (Å²) in [5.41, 5.74) is 1.22. The number of hydrogen-bond acceptors (Lipinski definition) is 6. The number of benzene rings is 3. The summed E-state index contributed by atoms with van der Waals surface area (Å²) in [6.07, 6.45) is 0.771. The summed E-state index contributed by atoms with van der Waals surface area (Å²) in [7, 11) is 1.63. The maximum atomic E-state index is 12.5. The molecule has 3 aromatic carbocycles. The number of ether oxygens (including phenoxy) is 3. The number of rotatable bonds is 9. The predicted octanol–water partition coefficient (Wildman–Crippen LogP) is 3.76. The molecule has 1 fully saturated rings. The first-order chi connectivity index (χ1) is 19.0. The van der Waals surface area contributed by atoms with Crippen molar-refractivity contribution in [2.45, 2.75) is 31.3 Å². The Hall–Kier alpha value is -3.98. The molecule has 8 nitrogen and oxygen atoms in total. The van der Waals surface area contributed by atoms with Crippen LogP contribution in [0.3, 0.4) is 0 Å². The molecule has 0 spiro atoms. The molecular formula is C31H32N2O6. The van der Waals surface area contributed by atoms with E-state index < -0.39 is 29.2 Å². The van der Waals surface area contributed by atoms with Crippen LogP contribution < -0.4 is 16.0 Å². The van der Waals surface area contributed by atoms with E-state index in [1.54, 1.807) is 14.0 Å². The minimum atomic E-state index is -0.984. The van der Waals surface area contributed by atoms with E-state index >= 15 is 0 Å². The molecule has 8 heteroatoms. The minimum absolute atomic E-state index is 0.131. The first-order valence-electron chi connectivity index (χ1n) is 12.9. The van der Waals surface area contributed by atoms with Crippen LogP contribution in [0, 0.1) is 12.8 Å². The van der Waals surface area contributed by atoms with Crippen molar-refractivity contribution in [3.8, 4) is 5.75 Å². The topological polar surface area (TPSA) is 103 Å². The van der Waals surface area contributed by atoms with Crippen molar-refractivity contribution in [1.29, 1.82) is 0 Å². The van der Waals surface area contributed by atoms with Gasteiger partial charge in [0, 0.05) is 30.7 Å². The van der Waals surface area contributed by atoms with Gasteiger partial charge in [-0.2, -0.15) is 0 Å². The molecular weight excluding hydrogens is 496 g/mol. The van der Waals surface area contributed by atoms with Crippen molar-refractivity contribution < 1.29 is 19.3 Å². The largest absolute Gasteiger partial charge is 0.497 e. The van der Waals surface area contributed by atoms with Gasteiger partial charge >= 0.3 is 5.69 Å². The van der Waals surface area contributed by atoms with Crippen LogP contribution in [0.25, 0.3) is 0 Å². The van der Waals surface area contributed by atoms with Crippen LogP contribution >= 0.6 is 0 Å². The number of aliphatic hydroxyl groups is 1. The Morgan fingerprint density at radius 3 is 2.10 bits per heavy atom. The third-order valence-corrected chi connectivity index (χ3v) is 7.37. The fraction of sp³-hybridized carbons (Fsp3) is 0.290. The summed E-state index contributed by atoms with van der Waals surface area (Å²) in [5, 5.41) is 10.2. The monoisotopic (exact) mass is 528 g/mol. The molecule has 3 atom stereocenters. The molecule has 1 aliphatic rings. The van der Waals surface area contributed by atoms with E-state index in [0.717, 1.165) is 22.4 Å². The zero-order valence-corrected chi connectivity index (χ0v) is 21.9. The Balaban J connectivity index is 1.53. The molecule has 0 bridgehead atoms. The minimum Gasteiger partial charge on any atom is -0.497 e. The smallest absolute Gasteiger partial charge is 0.330 e. The number of aryl methyl sites for hydroxylation is 1. The Bertz CT molecular complexity index is 1460. The Morgan fingerprint density at radius 2 is 1.54 bits per heavy atom. The lowest BCUT2D eigenvalue weighted by Gasteiger charge is -2.37. The highest BCUT2D eigenvalue weighted by Crippen LogP contribution is 2.42. The summed E-state index contributed by atoms with van der Waals surface area (Å²) in [6, 6.07) is 27.7. The lowest BCUT2D eigenvalue weighted by atomic mass is 9.80. The van der Waals surface area contributed by atoms with E-state index in [-0.39, 0.29) is 19.1 Å². The third kappa shape index (κ3) is 5.18. The molecule has 0 unspecified atom stereocenters. The average Bonchev–Trinajstić information content (AvgIpc) is 3.40. The number of H-pyrrole nitrogens is 1. The number of aromatic nitrogens is 2. The van der Waals surface area contributed by atoms with Gasteiger partial charge in [0.15, 0.2) is 0 Å². The van der Waals surface area contributed by atoms with Crippen molar-refractivity contribution >= 4 is 0 Å². The van der Waals surface area contributed by atoms with Gasteiger partial charge in [-0.25, -0.2) is 4.79 Å². The standard InChI is InChI=1S/C31H32N2O6/c1-21-18-33(30(36)32-29(21)35)28-17-22(19-34)27(39-28)20-38-31(23-9-5-3-6-10-23,24-11-7-4-8-12-24)25-13-15-26(37-2)16-14-25/h3-16,18,22,27-28,34H,17,19-20H2,1-2H3,(H,32,35,36)/t22-,27-,28-/m1/s1. The summed E-state index contributed by atoms with van der Waals surface area (Å²) in [4.78, 5) is 26.7. The maximum absolute atomic E-state index is 12.5. The number of methoxy groups -OCH3 is 1. The number of aliphatic hydroxyl groups excluding tert-OH is 1. The average molecular weight is 529 g/mol. The zero-order chi connectivity index (χ0) is 27.4. The second-order valence-corrected chi connectivity index (χ2v) is 9.74. The summed E-state index contributed by atoms with van der Waals surface area (Å²) in [5.74, 6) is 0.465. The molecule has 2 heterocycles. The molecule has 202 valence electrons. The molecule has 0 aliphatic carbocycles. The first-order valence-corrected chi connectivity index (χ1v) is 12.9. The van der Waals surface area contributed by atoms with Gasteiger partial charge in [0.25, 0.3) is 5.56 Å². The van der Waals surface area contributed by atoms with Crippen LogP contribution in [-0.4, -0.2) is 41.1 Å². The lowest BCUT2D eigenvalue weighted by molar-refractivity contribution is -0.0877. The van der Waals surface area contributed by atoms with Crippen molar-refractivity contribution in [3.63, 3.8) is 0 Å². The second-order valence-electron chi connectivity index (χ2n) is 9.74. The van der Waals surface area contributed by atoms with Crippen LogP contribution in [-0.2, 0) is 15.1 Å². The van der Waals surface area contributed by atoms with Gasteiger partial charge in [0.1, 0.15) is 17.6 Å². The number of aromatic amines is 1. The highest BCUT2D eigenvalue weighted by molar-refractivity contribution is 5.48. The van der Waals surface area contributed by atoms with E-state index in [4.69, 9.17) is 14.2 Å². The van der Waals surface area contributed by atoms with Gasteiger partial charge in [-0.05, 0) is 35.7 Å². The van der Waals surface area contributed by atoms with E-state index in [1.807, 2.05) is 84.9 Å². The van der Waals surface area contributed by atoms with Crippen molar-refractivity contribution in [3.05, 3.63) is 134 Å². The Labute approximate surface area is 226 Å². The zero-order valence-electron chi connectivity index (χ0n) is 21.9. The van der Waals surface area contributed by atoms with Gasteiger partial charge < -0.3 is 19.3 Å². The highest BCUT2D eigenvalue weighted by atomic mass is 16.6. The fourth-order valence-corrected chi connectivity index (χ4v) is 5.25. The Morgan fingerprint density at radius 1 is 0.949 bits per heavy atom. The number of hydrogen-bond donors (Lipinski definition) is 2. The molecule has 1 aromatic heterocycles. The normalized spacial score (nSPS) is 19.2. The van der Waals surface area contributed by atoms with Crippen molar-refractivity contribution in [2.75, 3.05) is 20.3 Å². The fourth-order valence-electron chi connectivity index (χ4n) is 5.25. The van der Waals surface area contributed by atoms with E-state index in [0.29, 0.717) is 12.0 Å².